The Kier molecular flexibility index (Phi) is 8.36. The molecule has 0 saturated carbocycles. The number of hydrogen-bond acceptors (Lipinski definition) is 2. The summed E-state index contributed by atoms with van der Waals surface area (Å²) in [5.41, 5.74) is 1.39. The molecular weight excluding hydrogens is 246 g/mol. The molecule has 0 bridgehead atoms. The molecule has 1 N–H and O–H groups in total. The van der Waals surface area contributed by atoms with E-state index in [2.05, 4.69) is 38.2 Å². The molecule has 0 spiro atoms. The first-order valence-corrected chi connectivity index (χ1v) is 7.98. The Balaban J connectivity index is 2.11. The molecule has 1 atom stereocenters. The summed E-state index contributed by atoms with van der Waals surface area (Å²) in [6, 6.07) is 9.00. The molecule has 2 heteroatoms. The van der Waals surface area contributed by atoms with Crippen molar-refractivity contribution in [1.82, 2.24) is 5.32 Å². The van der Waals surface area contributed by atoms with Gasteiger partial charge in [-0.25, -0.2) is 0 Å². The van der Waals surface area contributed by atoms with Crippen molar-refractivity contribution in [2.75, 3.05) is 13.7 Å². The van der Waals surface area contributed by atoms with E-state index in [-0.39, 0.29) is 0 Å². The van der Waals surface area contributed by atoms with Gasteiger partial charge < -0.3 is 10.1 Å². The standard InChI is InChI=1S/C18H31NO/c1-15(2)7-5-6-14-19-16(3)8-9-17-10-12-18(20-4)13-11-17/h10-13,15-16,19H,5-9,14H2,1-4H3. The molecule has 1 unspecified atom stereocenters. The number of rotatable bonds is 10. The zero-order valence-electron chi connectivity index (χ0n) is 13.6. The molecule has 0 aliphatic carbocycles. The molecule has 0 aliphatic heterocycles. The van der Waals surface area contributed by atoms with Crippen molar-refractivity contribution in [1.29, 1.82) is 0 Å². The van der Waals surface area contributed by atoms with E-state index in [1.165, 1.54) is 31.2 Å². The van der Waals surface area contributed by atoms with Crippen molar-refractivity contribution in [3.8, 4) is 5.75 Å². The summed E-state index contributed by atoms with van der Waals surface area (Å²) in [6.45, 7) is 8.03. The first-order valence-electron chi connectivity index (χ1n) is 7.98. The molecule has 20 heavy (non-hydrogen) atoms. The average Bonchev–Trinajstić information content (AvgIpc) is 2.45. The highest BCUT2D eigenvalue weighted by molar-refractivity contribution is 5.27. The minimum atomic E-state index is 0.594. The van der Waals surface area contributed by atoms with E-state index in [9.17, 15) is 0 Å². The SMILES string of the molecule is COc1ccc(CCC(C)NCCCCC(C)C)cc1. The summed E-state index contributed by atoms with van der Waals surface area (Å²) in [7, 11) is 1.71. The lowest BCUT2D eigenvalue weighted by Gasteiger charge is -2.14. The van der Waals surface area contributed by atoms with E-state index in [0.29, 0.717) is 6.04 Å². The maximum atomic E-state index is 5.18. The molecule has 0 amide bonds. The lowest BCUT2D eigenvalue weighted by molar-refractivity contribution is 0.414. The van der Waals surface area contributed by atoms with Crippen LogP contribution in [0.15, 0.2) is 24.3 Å². The second-order valence-corrected chi connectivity index (χ2v) is 6.13. The molecule has 1 rings (SSSR count). The average molecular weight is 277 g/mol. The predicted octanol–water partition coefficient (Wildman–Crippen LogP) is 4.43. The zero-order chi connectivity index (χ0) is 14.8. The molecule has 0 saturated heterocycles. The molecule has 0 aromatic heterocycles. The number of nitrogens with one attached hydrogen (secondary N) is 1. The Morgan fingerprint density at radius 1 is 1.00 bits per heavy atom. The van der Waals surface area contributed by atoms with Crippen LogP contribution < -0.4 is 10.1 Å². The topological polar surface area (TPSA) is 21.3 Å². The summed E-state index contributed by atoms with van der Waals surface area (Å²) in [5.74, 6) is 1.77. The van der Waals surface area contributed by atoms with E-state index in [1.807, 2.05) is 12.1 Å². The first kappa shape index (κ1) is 17.0. The quantitative estimate of drug-likeness (QED) is 0.639. The molecule has 0 fully saturated rings. The van der Waals surface area contributed by atoms with Crippen LogP contribution in [0.2, 0.25) is 0 Å². The van der Waals surface area contributed by atoms with Gasteiger partial charge in [-0.15, -0.1) is 0 Å². The van der Waals surface area contributed by atoms with Gasteiger partial charge >= 0.3 is 0 Å². The van der Waals surface area contributed by atoms with E-state index in [1.54, 1.807) is 7.11 Å². The number of ether oxygens (including phenoxy) is 1. The lowest BCUT2D eigenvalue weighted by atomic mass is 10.0. The van der Waals surface area contributed by atoms with Gasteiger partial charge in [-0.1, -0.05) is 38.8 Å². The fourth-order valence-corrected chi connectivity index (χ4v) is 2.30. The van der Waals surface area contributed by atoms with Crippen LogP contribution in [0.1, 0.15) is 52.0 Å². The fraction of sp³-hybridized carbons (Fsp3) is 0.667. The van der Waals surface area contributed by atoms with E-state index in [0.717, 1.165) is 24.6 Å². The predicted molar refractivity (Wildman–Crippen MR) is 87.5 cm³/mol. The van der Waals surface area contributed by atoms with Gasteiger partial charge in [0.25, 0.3) is 0 Å². The van der Waals surface area contributed by atoms with Gasteiger partial charge in [-0.3, -0.25) is 0 Å². The van der Waals surface area contributed by atoms with E-state index < -0.39 is 0 Å². The van der Waals surface area contributed by atoms with Crippen LogP contribution in [0.5, 0.6) is 5.75 Å². The van der Waals surface area contributed by atoms with Crippen LogP contribution in [0.4, 0.5) is 0 Å². The molecule has 0 heterocycles. The summed E-state index contributed by atoms with van der Waals surface area (Å²) >= 11 is 0. The Labute approximate surface area is 124 Å². The van der Waals surface area contributed by atoms with Crippen LogP contribution in [0, 0.1) is 5.92 Å². The molecule has 114 valence electrons. The number of methoxy groups -OCH3 is 1. The van der Waals surface area contributed by atoms with Gasteiger partial charge in [0.05, 0.1) is 7.11 Å². The molecule has 1 aromatic rings. The van der Waals surface area contributed by atoms with Crippen molar-refractivity contribution in [3.63, 3.8) is 0 Å². The van der Waals surface area contributed by atoms with Crippen LogP contribution >= 0.6 is 0 Å². The maximum absolute atomic E-state index is 5.18. The summed E-state index contributed by atoms with van der Waals surface area (Å²) < 4.78 is 5.18. The third-order valence-electron chi connectivity index (χ3n) is 3.73. The zero-order valence-corrected chi connectivity index (χ0v) is 13.6. The van der Waals surface area contributed by atoms with Crippen molar-refractivity contribution >= 4 is 0 Å². The van der Waals surface area contributed by atoms with Gasteiger partial charge in [-0.2, -0.15) is 0 Å². The summed E-state index contributed by atoms with van der Waals surface area (Å²) in [5, 5.41) is 3.62. The second kappa shape index (κ2) is 9.82. The van der Waals surface area contributed by atoms with Crippen LogP contribution in [-0.2, 0) is 6.42 Å². The Morgan fingerprint density at radius 3 is 2.30 bits per heavy atom. The van der Waals surface area contributed by atoms with Crippen molar-refractivity contribution in [2.45, 2.75) is 58.9 Å². The monoisotopic (exact) mass is 277 g/mol. The highest BCUT2D eigenvalue weighted by Gasteiger charge is 2.02. The first-order chi connectivity index (χ1) is 9.61. The fourth-order valence-electron chi connectivity index (χ4n) is 2.30. The third kappa shape index (κ3) is 7.54. The number of benzene rings is 1. The largest absolute Gasteiger partial charge is 0.497 e. The van der Waals surface area contributed by atoms with Gasteiger partial charge in [0.2, 0.25) is 0 Å². The van der Waals surface area contributed by atoms with Gasteiger partial charge in [0.15, 0.2) is 0 Å². The smallest absolute Gasteiger partial charge is 0.118 e. The van der Waals surface area contributed by atoms with Gasteiger partial charge in [-0.05, 0) is 56.3 Å². The Morgan fingerprint density at radius 2 is 1.70 bits per heavy atom. The molecule has 1 aromatic carbocycles. The second-order valence-electron chi connectivity index (χ2n) is 6.13. The summed E-state index contributed by atoms with van der Waals surface area (Å²) in [6.07, 6.45) is 6.31. The maximum Gasteiger partial charge on any atom is 0.118 e. The number of unbranched alkanes of at least 4 members (excludes halogenated alkanes) is 1. The molecule has 0 radical (unpaired) electrons. The third-order valence-corrected chi connectivity index (χ3v) is 3.73. The van der Waals surface area contributed by atoms with Crippen molar-refractivity contribution < 1.29 is 4.74 Å². The summed E-state index contributed by atoms with van der Waals surface area (Å²) in [4.78, 5) is 0. The van der Waals surface area contributed by atoms with Crippen LogP contribution in [0.3, 0.4) is 0 Å². The van der Waals surface area contributed by atoms with E-state index >= 15 is 0 Å². The highest BCUT2D eigenvalue weighted by Crippen LogP contribution is 2.13. The molecular formula is C18H31NO. The normalized spacial score (nSPS) is 12.7. The Bertz CT molecular complexity index is 345. The van der Waals surface area contributed by atoms with Gasteiger partial charge in [0.1, 0.15) is 5.75 Å². The lowest BCUT2D eigenvalue weighted by Crippen LogP contribution is -2.27. The van der Waals surface area contributed by atoms with E-state index in [4.69, 9.17) is 4.74 Å². The minimum Gasteiger partial charge on any atom is -0.497 e. The van der Waals surface area contributed by atoms with Crippen LogP contribution in [-0.4, -0.2) is 19.7 Å². The minimum absolute atomic E-state index is 0.594. The Hall–Kier alpha value is -1.02. The van der Waals surface area contributed by atoms with Gasteiger partial charge in [0, 0.05) is 6.04 Å². The molecule has 2 nitrogen and oxygen atoms in total. The van der Waals surface area contributed by atoms with Crippen molar-refractivity contribution in [2.24, 2.45) is 5.92 Å². The molecule has 0 aliphatic rings. The number of hydrogen-bond donors (Lipinski definition) is 1. The number of aryl methyl sites for hydroxylation is 1. The van der Waals surface area contributed by atoms with Crippen molar-refractivity contribution in [3.05, 3.63) is 29.8 Å². The highest BCUT2D eigenvalue weighted by atomic mass is 16.5. The van der Waals surface area contributed by atoms with Crippen LogP contribution in [0.25, 0.3) is 0 Å².